The van der Waals surface area contributed by atoms with Crippen LogP contribution in [0.25, 0.3) is 10.9 Å². The van der Waals surface area contributed by atoms with Gasteiger partial charge in [0.2, 0.25) is 5.89 Å². The fourth-order valence-electron chi connectivity index (χ4n) is 3.50. The second-order valence-corrected chi connectivity index (χ2v) is 8.11. The largest absolute Gasteiger partial charge is 0.497 e. The second kappa shape index (κ2) is 8.53. The molecule has 0 spiro atoms. The van der Waals surface area contributed by atoms with Gasteiger partial charge in [0.15, 0.2) is 5.82 Å². The number of hydrogen-bond donors (Lipinski definition) is 0. The maximum atomic E-state index is 13.3. The molecule has 0 saturated carbocycles. The van der Waals surface area contributed by atoms with Crippen molar-refractivity contribution in [1.82, 2.24) is 14.7 Å². The van der Waals surface area contributed by atoms with E-state index in [-0.39, 0.29) is 5.91 Å². The van der Waals surface area contributed by atoms with E-state index in [9.17, 15) is 4.79 Å². The van der Waals surface area contributed by atoms with Crippen molar-refractivity contribution in [2.45, 2.75) is 19.1 Å². The molecule has 0 atom stereocenters. The van der Waals surface area contributed by atoms with E-state index in [2.05, 4.69) is 10.1 Å². The summed E-state index contributed by atoms with van der Waals surface area (Å²) in [6.45, 7) is 1.93. The van der Waals surface area contributed by atoms with Crippen LogP contribution in [0, 0.1) is 6.92 Å². The van der Waals surface area contributed by atoms with Crippen molar-refractivity contribution >= 4 is 40.2 Å². The number of carbonyl (C=O) groups is 1. The maximum Gasteiger partial charge on any atom is 0.262 e. The van der Waals surface area contributed by atoms with Crippen molar-refractivity contribution in [3.05, 3.63) is 76.0 Å². The molecule has 0 amide bonds. The SMILES string of the molecule is COc1ccc2c(c1)c(Cc1nc(CSC)no1)c(C)n2C(=O)c1ccc(Cl)cc1. The van der Waals surface area contributed by atoms with Crippen molar-refractivity contribution < 1.29 is 14.1 Å². The first-order chi connectivity index (χ1) is 14.5. The highest BCUT2D eigenvalue weighted by Gasteiger charge is 2.22. The molecule has 0 saturated heterocycles. The van der Waals surface area contributed by atoms with E-state index in [0.29, 0.717) is 40.2 Å². The highest BCUT2D eigenvalue weighted by molar-refractivity contribution is 7.97. The van der Waals surface area contributed by atoms with Gasteiger partial charge < -0.3 is 9.26 Å². The van der Waals surface area contributed by atoms with Gasteiger partial charge in [0.25, 0.3) is 5.91 Å². The normalized spacial score (nSPS) is 11.2. The van der Waals surface area contributed by atoms with E-state index in [1.54, 1.807) is 47.7 Å². The number of benzene rings is 2. The molecule has 2 aromatic carbocycles. The molecule has 0 aliphatic heterocycles. The number of aromatic nitrogens is 3. The number of thioether (sulfide) groups is 1. The number of halogens is 1. The van der Waals surface area contributed by atoms with E-state index in [1.165, 1.54) is 0 Å². The van der Waals surface area contributed by atoms with Crippen LogP contribution in [0.15, 0.2) is 47.0 Å². The van der Waals surface area contributed by atoms with Crippen molar-refractivity contribution in [2.24, 2.45) is 0 Å². The van der Waals surface area contributed by atoms with Crippen LogP contribution in [0.3, 0.4) is 0 Å². The Morgan fingerprint density at radius 2 is 2.00 bits per heavy atom. The molecule has 0 N–H and O–H groups in total. The van der Waals surface area contributed by atoms with Gasteiger partial charge in [-0.15, -0.1) is 0 Å². The van der Waals surface area contributed by atoms with E-state index in [0.717, 1.165) is 22.2 Å². The smallest absolute Gasteiger partial charge is 0.262 e. The molecule has 30 heavy (non-hydrogen) atoms. The standard InChI is InChI=1S/C22H20ClN3O3S/c1-13-17(11-21-24-20(12-30-3)25-29-21)18-10-16(28-2)8-9-19(18)26(13)22(27)14-4-6-15(23)7-5-14/h4-10H,11-12H2,1-3H3. The van der Waals surface area contributed by atoms with Gasteiger partial charge in [-0.3, -0.25) is 9.36 Å². The summed E-state index contributed by atoms with van der Waals surface area (Å²) in [5.74, 6) is 2.46. The molecule has 0 bridgehead atoms. The molecule has 2 aromatic heterocycles. The lowest BCUT2D eigenvalue weighted by Gasteiger charge is -2.08. The molecule has 0 fully saturated rings. The topological polar surface area (TPSA) is 70.2 Å². The van der Waals surface area contributed by atoms with Gasteiger partial charge in [0, 0.05) is 21.7 Å². The molecular formula is C22H20ClN3O3S. The first-order valence-electron chi connectivity index (χ1n) is 9.30. The summed E-state index contributed by atoms with van der Waals surface area (Å²) in [5, 5.41) is 5.53. The zero-order chi connectivity index (χ0) is 21.3. The molecule has 154 valence electrons. The summed E-state index contributed by atoms with van der Waals surface area (Å²) in [6, 6.07) is 12.6. The minimum Gasteiger partial charge on any atom is -0.497 e. The minimum absolute atomic E-state index is 0.126. The van der Waals surface area contributed by atoms with Crippen LogP contribution in [0.2, 0.25) is 5.02 Å². The van der Waals surface area contributed by atoms with Gasteiger partial charge in [-0.1, -0.05) is 16.8 Å². The summed E-state index contributed by atoms with van der Waals surface area (Å²) >= 11 is 7.62. The number of carbonyl (C=O) groups excluding carboxylic acids is 1. The predicted molar refractivity (Wildman–Crippen MR) is 119 cm³/mol. The van der Waals surface area contributed by atoms with Gasteiger partial charge in [0.05, 0.1) is 24.8 Å². The quantitative estimate of drug-likeness (QED) is 0.412. The molecule has 0 aliphatic rings. The zero-order valence-corrected chi connectivity index (χ0v) is 18.4. The lowest BCUT2D eigenvalue weighted by molar-refractivity contribution is 0.0963. The number of fused-ring (bicyclic) bond motifs is 1. The number of nitrogens with zero attached hydrogens (tertiary/aromatic N) is 3. The third-order valence-corrected chi connectivity index (χ3v) is 5.75. The Balaban J connectivity index is 1.83. The Labute approximate surface area is 183 Å². The van der Waals surface area contributed by atoms with Crippen molar-refractivity contribution in [3.63, 3.8) is 0 Å². The first-order valence-corrected chi connectivity index (χ1v) is 11.1. The van der Waals surface area contributed by atoms with Crippen molar-refractivity contribution in [2.75, 3.05) is 13.4 Å². The van der Waals surface area contributed by atoms with Crippen molar-refractivity contribution in [1.29, 1.82) is 0 Å². The summed E-state index contributed by atoms with van der Waals surface area (Å²) in [6.07, 6.45) is 2.42. The van der Waals surface area contributed by atoms with E-state index >= 15 is 0 Å². The van der Waals surface area contributed by atoms with Crippen LogP contribution in [-0.4, -0.2) is 34.0 Å². The predicted octanol–water partition coefficient (Wildman–Crippen LogP) is 5.14. The van der Waals surface area contributed by atoms with Gasteiger partial charge >= 0.3 is 0 Å². The Morgan fingerprint density at radius 1 is 1.23 bits per heavy atom. The minimum atomic E-state index is -0.126. The molecule has 0 unspecified atom stereocenters. The molecular weight excluding hydrogens is 422 g/mol. The summed E-state index contributed by atoms with van der Waals surface area (Å²) in [4.78, 5) is 17.8. The Bertz CT molecular complexity index is 1210. The van der Waals surface area contributed by atoms with Crippen LogP contribution in [0.4, 0.5) is 0 Å². The number of ether oxygens (including phenoxy) is 1. The average molecular weight is 442 g/mol. The summed E-state index contributed by atoms with van der Waals surface area (Å²) in [5.41, 5.74) is 3.13. The number of hydrogen-bond acceptors (Lipinski definition) is 6. The van der Waals surface area contributed by atoms with Crippen molar-refractivity contribution in [3.8, 4) is 5.75 Å². The number of rotatable bonds is 6. The fraction of sp³-hybridized carbons (Fsp3) is 0.227. The van der Waals surface area contributed by atoms with Crippen LogP contribution < -0.4 is 4.74 Å². The van der Waals surface area contributed by atoms with Gasteiger partial charge in [-0.25, -0.2) is 0 Å². The molecule has 2 heterocycles. The van der Waals surface area contributed by atoms with Gasteiger partial charge in [0.1, 0.15) is 5.75 Å². The maximum absolute atomic E-state index is 13.3. The molecule has 4 aromatic rings. The van der Waals surface area contributed by atoms with Gasteiger partial charge in [-0.2, -0.15) is 16.7 Å². The average Bonchev–Trinajstić information content (AvgIpc) is 3.30. The highest BCUT2D eigenvalue weighted by Crippen LogP contribution is 2.32. The summed E-state index contributed by atoms with van der Waals surface area (Å²) < 4.78 is 12.6. The molecule has 0 radical (unpaired) electrons. The molecule has 6 nitrogen and oxygen atoms in total. The van der Waals surface area contributed by atoms with Gasteiger partial charge in [-0.05, 0) is 61.2 Å². The monoisotopic (exact) mass is 441 g/mol. The Hall–Kier alpha value is -2.77. The Morgan fingerprint density at radius 3 is 2.70 bits per heavy atom. The number of methoxy groups -OCH3 is 1. The first kappa shape index (κ1) is 20.5. The second-order valence-electron chi connectivity index (χ2n) is 6.81. The summed E-state index contributed by atoms with van der Waals surface area (Å²) in [7, 11) is 1.62. The van der Waals surface area contributed by atoms with E-state index in [4.69, 9.17) is 20.9 Å². The molecule has 4 rings (SSSR count). The zero-order valence-electron chi connectivity index (χ0n) is 16.8. The molecule has 8 heteroatoms. The third kappa shape index (κ3) is 3.82. The van der Waals surface area contributed by atoms with Crippen LogP contribution in [-0.2, 0) is 12.2 Å². The van der Waals surface area contributed by atoms with Crippen LogP contribution >= 0.6 is 23.4 Å². The van der Waals surface area contributed by atoms with Crippen LogP contribution in [0.1, 0.15) is 33.3 Å². The van der Waals surface area contributed by atoms with E-state index < -0.39 is 0 Å². The molecule has 0 aliphatic carbocycles. The Kier molecular flexibility index (Phi) is 5.83. The lowest BCUT2D eigenvalue weighted by atomic mass is 10.1. The lowest BCUT2D eigenvalue weighted by Crippen LogP contribution is -2.13. The third-order valence-electron chi connectivity index (χ3n) is 4.95. The highest BCUT2D eigenvalue weighted by atomic mass is 35.5. The van der Waals surface area contributed by atoms with Crippen LogP contribution in [0.5, 0.6) is 5.75 Å². The van der Waals surface area contributed by atoms with E-state index in [1.807, 2.05) is 31.4 Å². The fourth-order valence-corrected chi connectivity index (χ4v) is 4.00.